The lowest BCUT2D eigenvalue weighted by molar-refractivity contribution is -0.130. The summed E-state index contributed by atoms with van der Waals surface area (Å²) in [6, 6.07) is 0. The average Bonchev–Trinajstić information content (AvgIpc) is 3.06. The molecule has 1 aliphatic rings. The molecule has 0 radical (unpaired) electrons. The third kappa shape index (κ3) is 2.69. The summed E-state index contributed by atoms with van der Waals surface area (Å²) < 4.78 is 1.59. The van der Waals surface area contributed by atoms with E-state index in [1.165, 1.54) is 6.33 Å². The molecule has 2 heterocycles. The molecule has 1 aromatic heterocycles. The van der Waals surface area contributed by atoms with E-state index in [1.54, 1.807) is 18.7 Å². The van der Waals surface area contributed by atoms with Gasteiger partial charge in [-0.1, -0.05) is 0 Å². The SMILES string of the molecule is CNC(=O)c1c(NC)ncn1CC(=O)N1CCCC1. The van der Waals surface area contributed by atoms with Gasteiger partial charge in [0.15, 0.2) is 11.5 Å². The van der Waals surface area contributed by atoms with Gasteiger partial charge < -0.3 is 20.1 Å². The van der Waals surface area contributed by atoms with Crippen LogP contribution >= 0.6 is 0 Å². The molecule has 1 fully saturated rings. The summed E-state index contributed by atoms with van der Waals surface area (Å²) in [5.41, 5.74) is 0.387. The van der Waals surface area contributed by atoms with E-state index in [1.807, 2.05) is 4.90 Å². The van der Waals surface area contributed by atoms with Crippen LogP contribution in [-0.4, -0.2) is 53.5 Å². The molecule has 2 amide bonds. The maximum Gasteiger partial charge on any atom is 0.271 e. The van der Waals surface area contributed by atoms with Crippen LogP contribution in [-0.2, 0) is 11.3 Å². The largest absolute Gasteiger partial charge is 0.371 e. The molecule has 0 unspecified atom stereocenters. The van der Waals surface area contributed by atoms with Gasteiger partial charge in [-0.25, -0.2) is 4.98 Å². The van der Waals surface area contributed by atoms with Gasteiger partial charge in [0.25, 0.3) is 5.91 Å². The molecule has 1 saturated heterocycles. The van der Waals surface area contributed by atoms with Crippen molar-refractivity contribution in [3.63, 3.8) is 0 Å². The Bertz CT molecular complexity index is 476. The average molecular weight is 265 g/mol. The number of nitrogens with one attached hydrogen (secondary N) is 2. The molecular weight excluding hydrogens is 246 g/mol. The summed E-state index contributed by atoms with van der Waals surface area (Å²) >= 11 is 0. The molecule has 0 aromatic carbocycles. The van der Waals surface area contributed by atoms with Gasteiger partial charge >= 0.3 is 0 Å². The highest BCUT2D eigenvalue weighted by atomic mass is 16.2. The van der Waals surface area contributed by atoms with Crippen LogP contribution in [0.4, 0.5) is 5.82 Å². The van der Waals surface area contributed by atoms with Crippen molar-refractivity contribution in [1.29, 1.82) is 0 Å². The third-order valence-corrected chi connectivity index (χ3v) is 3.28. The first-order valence-electron chi connectivity index (χ1n) is 6.40. The Morgan fingerprint density at radius 1 is 1.32 bits per heavy atom. The van der Waals surface area contributed by atoms with Crippen LogP contribution in [0.15, 0.2) is 6.33 Å². The Labute approximate surface area is 112 Å². The minimum absolute atomic E-state index is 0.0303. The standard InChI is InChI=1S/C12H19N5O2/c1-13-11-10(12(19)14-2)17(8-15-11)7-9(18)16-5-3-4-6-16/h8,13H,3-7H2,1-2H3,(H,14,19). The lowest BCUT2D eigenvalue weighted by atomic mass is 10.3. The fraction of sp³-hybridized carbons (Fsp3) is 0.583. The van der Waals surface area contributed by atoms with Gasteiger partial charge in [-0.2, -0.15) is 0 Å². The smallest absolute Gasteiger partial charge is 0.271 e. The Balaban J connectivity index is 2.17. The summed E-state index contributed by atoms with van der Waals surface area (Å²) in [5, 5.41) is 5.42. The molecule has 2 rings (SSSR count). The highest BCUT2D eigenvalue weighted by Crippen LogP contribution is 2.14. The predicted molar refractivity (Wildman–Crippen MR) is 71.0 cm³/mol. The topological polar surface area (TPSA) is 79.3 Å². The van der Waals surface area contributed by atoms with Crippen LogP contribution in [0.25, 0.3) is 0 Å². The summed E-state index contributed by atoms with van der Waals surface area (Å²) in [6.07, 6.45) is 3.63. The van der Waals surface area contributed by atoms with Gasteiger partial charge in [-0.05, 0) is 12.8 Å². The molecule has 1 aromatic rings. The first-order valence-corrected chi connectivity index (χ1v) is 6.40. The monoisotopic (exact) mass is 265 g/mol. The molecule has 7 heteroatoms. The number of carbonyl (C=O) groups excluding carboxylic acids is 2. The van der Waals surface area contributed by atoms with Crippen molar-refractivity contribution in [2.75, 3.05) is 32.5 Å². The Hall–Kier alpha value is -2.05. The van der Waals surface area contributed by atoms with Gasteiger partial charge in [0.05, 0.1) is 6.33 Å². The molecule has 2 N–H and O–H groups in total. The van der Waals surface area contributed by atoms with Crippen molar-refractivity contribution >= 4 is 17.6 Å². The van der Waals surface area contributed by atoms with E-state index >= 15 is 0 Å². The second-order valence-electron chi connectivity index (χ2n) is 4.49. The first-order chi connectivity index (χ1) is 9.17. The first kappa shape index (κ1) is 13.4. The molecule has 0 aliphatic carbocycles. The zero-order valence-corrected chi connectivity index (χ0v) is 11.3. The number of imidazole rings is 1. The van der Waals surface area contributed by atoms with E-state index in [4.69, 9.17) is 0 Å². The molecule has 0 spiro atoms. The number of amides is 2. The van der Waals surface area contributed by atoms with E-state index in [0.717, 1.165) is 25.9 Å². The maximum atomic E-state index is 12.1. The van der Waals surface area contributed by atoms with Crippen LogP contribution in [0.2, 0.25) is 0 Å². The zero-order valence-electron chi connectivity index (χ0n) is 11.3. The van der Waals surface area contributed by atoms with Crippen molar-refractivity contribution in [2.24, 2.45) is 0 Å². The summed E-state index contributed by atoms with van der Waals surface area (Å²) in [7, 11) is 3.25. The van der Waals surface area contributed by atoms with E-state index in [-0.39, 0.29) is 18.4 Å². The van der Waals surface area contributed by atoms with Crippen LogP contribution in [0.3, 0.4) is 0 Å². The van der Waals surface area contributed by atoms with E-state index in [9.17, 15) is 9.59 Å². The molecule has 0 saturated carbocycles. The normalized spacial score (nSPS) is 14.5. The molecule has 7 nitrogen and oxygen atoms in total. The highest BCUT2D eigenvalue weighted by molar-refractivity contribution is 5.97. The summed E-state index contributed by atoms with van der Waals surface area (Å²) in [4.78, 5) is 29.9. The van der Waals surface area contributed by atoms with Crippen LogP contribution in [0.5, 0.6) is 0 Å². The molecular formula is C12H19N5O2. The maximum absolute atomic E-state index is 12.1. The van der Waals surface area contributed by atoms with E-state index in [0.29, 0.717) is 11.5 Å². The lowest BCUT2D eigenvalue weighted by Crippen LogP contribution is -2.32. The van der Waals surface area contributed by atoms with Gasteiger partial charge in [-0.3, -0.25) is 9.59 Å². The van der Waals surface area contributed by atoms with E-state index < -0.39 is 0 Å². The molecule has 0 atom stereocenters. The number of nitrogens with zero attached hydrogens (tertiary/aromatic N) is 3. The number of likely N-dealkylation sites (tertiary alicyclic amines) is 1. The van der Waals surface area contributed by atoms with Crippen LogP contribution < -0.4 is 10.6 Å². The summed E-state index contributed by atoms with van der Waals surface area (Å²) in [5.74, 6) is 0.257. The molecule has 0 bridgehead atoms. The minimum Gasteiger partial charge on any atom is -0.371 e. The van der Waals surface area contributed by atoms with Crippen LogP contribution in [0, 0.1) is 0 Å². The predicted octanol–water partition coefficient (Wildman–Crippen LogP) is -0.0932. The van der Waals surface area contributed by atoms with Crippen molar-refractivity contribution in [3.8, 4) is 0 Å². The quantitative estimate of drug-likeness (QED) is 0.797. The van der Waals surface area contributed by atoms with Gasteiger partial charge in [0, 0.05) is 27.2 Å². The zero-order chi connectivity index (χ0) is 13.8. The second kappa shape index (κ2) is 5.73. The third-order valence-electron chi connectivity index (χ3n) is 3.28. The van der Waals surface area contributed by atoms with Crippen molar-refractivity contribution in [1.82, 2.24) is 19.8 Å². The van der Waals surface area contributed by atoms with Gasteiger partial charge in [0.2, 0.25) is 5.91 Å². The minimum atomic E-state index is -0.254. The fourth-order valence-electron chi connectivity index (χ4n) is 2.25. The number of hydrogen-bond acceptors (Lipinski definition) is 4. The number of aromatic nitrogens is 2. The number of rotatable bonds is 4. The van der Waals surface area contributed by atoms with Crippen molar-refractivity contribution in [3.05, 3.63) is 12.0 Å². The second-order valence-corrected chi connectivity index (χ2v) is 4.49. The number of hydrogen-bond donors (Lipinski definition) is 2. The Morgan fingerprint density at radius 3 is 2.58 bits per heavy atom. The van der Waals surface area contributed by atoms with Gasteiger partial charge in [-0.15, -0.1) is 0 Å². The van der Waals surface area contributed by atoms with Crippen LogP contribution in [0.1, 0.15) is 23.3 Å². The lowest BCUT2D eigenvalue weighted by Gasteiger charge is -2.16. The Morgan fingerprint density at radius 2 is 2.00 bits per heavy atom. The molecule has 1 aliphatic heterocycles. The number of carbonyl (C=O) groups is 2. The highest BCUT2D eigenvalue weighted by Gasteiger charge is 2.22. The summed E-state index contributed by atoms with van der Waals surface area (Å²) in [6.45, 7) is 1.76. The van der Waals surface area contributed by atoms with Crippen molar-refractivity contribution < 1.29 is 9.59 Å². The molecule has 19 heavy (non-hydrogen) atoms. The molecule has 104 valence electrons. The van der Waals surface area contributed by atoms with Gasteiger partial charge in [0.1, 0.15) is 6.54 Å². The Kier molecular flexibility index (Phi) is 4.03. The van der Waals surface area contributed by atoms with E-state index in [2.05, 4.69) is 15.6 Å². The number of anilines is 1. The fourth-order valence-corrected chi connectivity index (χ4v) is 2.25. The van der Waals surface area contributed by atoms with Crippen molar-refractivity contribution in [2.45, 2.75) is 19.4 Å².